The molecule has 2 unspecified atom stereocenters. The number of hydrogen-bond acceptors (Lipinski definition) is 6. The highest BCUT2D eigenvalue weighted by Gasteiger charge is 2.11. The third kappa shape index (κ3) is 10.0. The van der Waals surface area contributed by atoms with E-state index in [-0.39, 0.29) is 31.2 Å². The molecule has 88 valence electrons. The number of ether oxygens (including phenoxy) is 2. The molecule has 0 aromatic carbocycles. The van der Waals surface area contributed by atoms with Crippen molar-refractivity contribution in [1.82, 2.24) is 0 Å². The number of carbonyl (C=O) groups is 2. The average Bonchev–Trinajstić information content (AvgIpc) is 2.18. The summed E-state index contributed by atoms with van der Waals surface area (Å²) in [7, 11) is 0.482. The first-order chi connectivity index (χ1) is 7.20. The van der Waals surface area contributed by atoms with Gasteiger partial charge in [0.2, 0.25) is 0 Å². The summed E-state index contributed by atoms with van der Waals surface area (Å²) < 4.78 is 18.7. The minimum absolute atomic E-state index is 0.131. The fourth-order valence-electron chi connectivity index (χ4n) is 0.528. The molecule has 0 bridgehead atoms. The average molecular weight is 256 g/mol. The molecule has 0 saturated heterocycles. The van der Waals surface area contributed by atoms with Crippen molar-refractivity contribution in [3.8, 4) is 0 Å². The first-order valence-electron chi connectivity index (χ1n) is 4.09. The highest BCUT2D eigenvalue weighted by atomic mass is 31.1. The molecule has 0 rings (SSSR count). The van der Waals surface area contributed by atoms with Crippen molar-refractivity contribution in [2.75, 3.05) is 26.9 Å². The van der Waals surface area contributed by atoms with Crippen molar-refractivity contribution in [3.63, 3.8) is 0 Å². The first-order valence-corrected chi connectivity index (χ1v) is 6.90. The molecule has 0 N–H and O–H groups in total. The van der Waals surface area contributed by atoms with E-state index in [4.69, 9.17) is 9.05 Å². The van der Waals surface area contributed by atoms with Gasteiger partial charge in [0.25, 0.3) is 0 Å². The van der Waals surface area contributed by atoms with Gasteiger partial charge in [-0.15, -0.1) is 0 Å². The van der Waals surface area contributed by atoms with Gasteiger partial charge in [0.15, 0.2) is 13.6 Å². The summed E-state index contributed by atoms with van der Waals surface area (Å²) in [6.07, 6.45) is -0.424. The quantitative estimate of drug-likeness (QED) is 0.211. The maximum atomic E-state index is 10.9. The topological polar surface area (TPSA) is 71.1 Å². The number of hydrogen-bond donors (Lipinski definition) is 0. The van der Waals surface area contributed by atoms with Gasteiger partial charge in [-0.25, -0.2) is 0 Å². The summed E-state index contributed by atoms with van der Waals surface area (Å²) in [5.41, 5.74) is 0. The Kier molecular flexibility index (Phi) is 10.1. The van der Waals surface area contributed by atoms with Crippen LogP contribution in [-0.4, -0.2) is 38.9 Å². The maximum Gasteiger partial charge on any atom is 0.319 e. The summed E-state index contributed by atoms with van der Waals surface area (Å²) in [6.45, 7) is 3.33. The van der Waals surface area contributed by atoms with E-state index >= 15 is 0 Å². The van der Waals surface area contributed by atoms with Crippen LogP contribution in [0.15, 0.2) is 0 Å². The van der Waals surface area contributed by atoms with Gasteiger partial charge in [0.1, 0.15) is 6.42 Å². The second-order valence-electron chi connectivity index (χ2n) is 2.14. The van der Waals surface area contributed by atoms with E-state index in [9.17, 15) is 9.59 Å². The van der Waals surface area contributed by atoms with Gasteiger partial charge in [-0.1, -0.05) is 0 Å². The van der Waals surface area contributed by atoms with Gasteiger partial charge in [0.05, 0.1) is 0 Å². The molecule has 0 heterocycles. The highest BCUT2D eigenvalue weighted by Crippen LogP contribution is 2.05. The zero-order valence-electron chi connectivity index (χ0n) is 8.57. The van der Waals surface area contributed by atoms with Gasteiger partial charge in [-0.05, 0) is 13.3 Å². The molecule has 2 atom stereocenters. The molecule has 0 fully saturated rings. The van der Waals surface area contributed by atoms with E-state index in [0.717, 1.165) is 0 Å². The van der Waals surface area contributed by atoms with E-state index in [1.165, 1.54) is 0 Å². The molecule has 8 heteroatoms. The van der Waals surface area contributed by atoms with E-state index in [2.05, 4.69) is 9.47 Å². The van der Waals surface area contributed by atoms with Crippen molar-refractivity contribution in [2.45, 2.75) is 6.42 Å². The van der Waals surface area contributed by atoms with Crippen LogP contribution in [-0.2, 0) is 28.1 Å². The lowest BCUT2D eigenvalue weighted by molar-refractivity contribution is -0.160. The molecule has 6 nitrogen and oxygen atoms in total. The Hall–Kier alpha value is -0.280. The monoisotopic (exact) mass is 256 g/mol. The predicted octanol–water partition coefficient (Wildman–Crippen LogP) is 0.858. The third-order valence-electron chi connectivity index (χ3n) is 1.14. The summed E-state index contributed by atoms with van der Waals surface area (Å²) in [5.74, 6) is -1.34. The normalized spacial score (nSPS) is 11.3. The SMILES string of the molecule is CPOCOC(=O)CC(=O)OCOPC. The molecule has 0 saturated carbocycles. The molecular formula is C7H14O6P2. The van der Waals surface area contributed by atoms with Crippen LogP contribution in [0.1, 0.15) is 6.42 Å². The van der Waals surface area contributed by atoms with Crippen LogP contribution in [0.5, 0.6) is 0 Å². The van der Waals surface area contributed by atoms with E-state index in [1.807, 2.05) is 0 Å². The summed E-state index contributed by atoms with van der Waals surface area (Å²) in [4.78, 5) is 21.8. The first kappa shape index (κ1) is 14.7. The van der Waals surface area contributed by atoms with Crippen molar-refractivity contribution < 1.29 is 28.1 Å². The predicted molar refractivity (Wildman–Crippen MR) is 57.2 cm³/mol. The molecule has 0 aliphatic carbocycles. The lowest BCUT2D eigenvalue weighted by Crippen LogP contribution is -2.15. The Bertz CT molecular complexity index is 178. The van der Waals surface area contributed by atoms with Crippen LogP contribution >= 0.6 is 17.6 Å². The van der Waals surface area contributed by atoms with Crippen LogP contribution in [0.4, 0.5) is 0 Å². The Morgan fingerprint density at radius 1 is 0.933 bits per heavy atom. The van der Waals surface area contributed by atoms with Crippen LogP contribution in [0.2, 0.25) is 0 Å². The molecule has 0 radical (unpaired) electrons. The lowest BCUT2D eigenvalue weighted by atomic mass is 10.4. The Morgan fingerprint density at radius 3 is 1.67 bits per heavy atom. The zero-order valence-corrected chi connectivity index (χ0v) is 10.6. The minimum atomic E-state index is -0.669. The molecular weight excluding hydrogens is 242 g/mol. The number of carbonyl (C=O) groups excluding carboxylic acids is 2. The van der Waals surface area contributed by atoms with E-state index in [0.29, 0.717) is 0 Å². The lowest BCUT2D eigenvalue weighted by Gasteiger charge is -2.05. The van der Waals surface area contributed by atoms with Crippen LogP contribution < -0.4 is 0 Å². The Labute approximate surface area is 91.7 Å². The fraction of sp³-hybridized carbons (Fsp3) is 0.714. The molecule has 0 spiro atoms. The summed E-state index contributed by atoms with van der Waals surface area (Å²) in [6, 6.07) is 0. The standard InChI is InChI=1S/C7H14O6P2/c1-14-12-4-10-6(8)3-7(9)11-5-13-15-2/h14-15H,3-5H2,1-2H3. The maximum absolute atomic E-state index is 10.9. The van der Waals surface area contributed by atoms with Crippen LogP contribution in [0.25, 0.3) is 0 Å². The summed E-state index contributed by atoms with van der Waals surface area (Å²) in [5, 5.41) is 0. The largest absolute Gasteiger partial charge is 0.438 e. The highest BCUT2D eigenvalue weighted by molar-refractivity contribution is 7.31. The van der Waals surface area contributed by atoms with Crippen LogP contribution in [0, 0.1) is 0 Å². The van der Waals surface area contributed by atoms with Crippen molar-refractivity contribution >= 4 is 29.6 Å². The Balaban J connectivity index is 3.45. The molecule has 0 amide bonds. The molecule has 0 aliphatic heterocycles. The van der Waals surface area contributed by atoms with Crippen LogP contribution in [0.3, 0.4) is 0 Å². The van der Waals surface area contributed by atoms with Gasteiger partial charge in [0, 0.05) is 17.6 Å². The molecule has 0 aliphatic rings. The van der Waals surface area contributed by atoms with E-state index in [1.54, 1.807) is 13.3 Å². The van der Waals surface area contributed by atoms with Gasteiger partial charge in [-0.2, -0.15) is 0 Å². The van der Waals surface area contributed by atoms with Gasteiger partial charge < -0.3 is 18.5 Å². The minimum Gasteiger partial charge on any atom is -0.438 e. The summed E-state index contributed by atoms with van der Waals surface area (Å²) >= 11 is 0. The molecule has 15 heavy (non-hydrogen) atoms. The molecule has 0 aromatic rings. The van der Waals surface area contributed by atoms with Crippen molar-refractivity contribution in [3.05, 3.63) is 0 Å². The van der Waals surface area contributed by atoms with Gasteiger partial charge >= 0.3 is 11.9 Å². The smallest absolute Gasteiger partial charge is 0.319 e. The van der Waals surface area contributed by atoms with Gasteiger partial charge in [-0.3, -0.25) is 9.59 Å². The Morgan fingerprint density at radius 2 is 1.33 bits per heavy atom. The molecule has 0 aromatic heterocycles. The number of esters is 2. The fourth-order valence-corrected chi connectivity index (χ4v) is 0.882. The van der Waals surface area contributed by atoms with Crippen molar-refractivity contribution in [1.29, 1.82) is 0 Å². The second-order valence-corrected chi connectivity index (χ2v) is 3.54. The number of rotatable bonds is 8. The zero-order chi connectivity index (χ0) is 11.5. The second kappa shape index (κ2) is 10.2. The van der Waals surface area contributed by atoms with E-state index < -0.39 is 18.4 Å². The van der Waals surface area contributed by atoms with Crippen molar-refractivity contribution in [2.24, 2.45) is 0 Å². The third-order valence-corrected chi connectivity index (χ3v) is 1.95.